The van der Waals surface area contributed by atoms with Crippen LogP contribution >= 0.6 is 22.9 Å². The van der Waals surface area contributed by atoms with Crippen LogP contribution < -0.4 is 0 Å². The number of likely N-dealkylation sites (tertiary alicyclic amines) is 1. The van der Waals surface area contributed by atoms with Crippen LogP contribution in [0.15, 0.2) is 49.2 Å². The molecule has 0 bridgehead atoms. The predicted octanol–water partition coefficient (Wildman–Crippen LogP) is 5.91. The third kappa shape index (κ3) is 4.55. The molecule has 0 N–H and O–H groups in total. The number of rotatable bonds is 5. The van der Waals surface area contributed by atoms with Gasteiger partial charge in [-0.25, -0.2) is 0 Å². The standard InChI is InChI=1S/C26H27ClF2N4OS/c1-4-24(34)32-13-20(19-11-23(27)35-22(19)15-32)17-7-5-6-8-18(17)21-14-33(16-9-10-31(3)12-16)30-25(21)26(2,28)29/h4-8,11,14,16,20H,1,9-10,12-13,15H2,2-3H3/t16?,20-/m0/s1. The number of amides is 1. The highest BCUT2D eigenvalue weighted by Gasteiger charge is 2.37. The Hall–Kier alpha value is -2.55. The molecule has 2 aliphatic heterocycles. The fourth-order valence-corrected chi connectivity index (χ4v) is 6.58. The van der Waals surface area contributed by atoms with E-state index in [1.54, 1.807) is 15.8 Å². The van der Waals surface area contributed by atoms with E-state index in [-0.39, 0.29) is 23.6 Å². The molecule has 3 aromatic rings. The molecule has 0 spiro atoms. The van der Waals surface area contributed by atoms with Gasteiger partial charge in [-0.2, -0.15) is 13.9 Å². The van der Waals surface area contributed by atoms with Crippen molar-refractivity contribution in [3.63, 3.8) is 0 Å². The van der Waals surface area contributed by atoms with Gasteiger partial charge in [0.25, 0.3) is 5.92 Å². The highest BCUT2D eigenvalue weighted by atomic mass is 35.5. The van der Waals surface area contributed by atoms with E-state index in [1.165, 1.54) is 17.4 Å². The summed E-state index contributed by atoms with van der Waals surface area (Å²) in [5.74, 6) is -3.48. The Labute approximate surface area is 212 Å². The molecule has 2 aromatic heterocycles. The first-order valence-electron chi connectivity index (χ1n) is 11.6. The Kier molecular flexibility index (Phi) is 6.32. The lowest BCUT2D eigenvalue weighted by molar-refractivity contribution is -0.127. The Morgan fingerprint density at radius 2 is 2.03 bits per heavy atom. The molecular formula is C26H27ClF2N4OS. The molecule has 1 amide bonds. The van der Waals surface area contributed by atoms with Crippen molar-refractivity contribution in [2.75, 3.05) is 26.7 Å². The van der Waals surface area contributed by atoms with Crippen molar-refractivity contribution in [3.8, 4) is 11.1 Å². The number of alkyl halides is 2. The monoisotopic (exact) mass is 516 g/mol. The molecule has 2 aliphatic rings. The van der Waals surface area contributed by atoms with Crippen molar-refractivity contribution < 1.29 is 13.6 Å². The molecule has 0 radical (unpaired) electrons. The average molecular weight is 517 g/mol. The molecule has 9 heteroatoms. The number of halogens is 3. The van der Waals surface area contributed by atoms with E-state index in [9.17, 15) is 13.6 Å². The summed E-state index contributed by atoms with van der Waals surface area (Å²) in [5, 5.41) is 4.41. The summed E-state index contributed by atoms with van der Waals surface area (Å²) in [6.07, 6.45) is 3.94. The minimum absolute atomic E-state index is 0.0553. The minimum atomic E-state index is -3.10. The van der Waals surface area contributed by atoms with E-state index in [2.05, 4.69) is 16.6 Å². The van der Waals surface area contributed by atoms with Crippen LogP contribution in [0, 0.1) is 0 Å². The lowest BCUT2D eigenvalue weighted by Gasteiger charge is -2.33. The highest BCUT2D eigenvalue weighted by Crippen LogP contribution is 2.45. The van der Waals surface area contributed by atoms with Crippen molar-refractivity contribution in [2.45, 2.75) is 37.8 Å². The van der Waals surface area contributed by atoms with Gasteiger partial charge in [-0.15, -0.1) is 11.3 Å². The van der Waals surface area contributed by atoms with E-state index in [4.69, 9.17) is 11.6 Å². The second-order valence-electron chi connectivity index (χ2n) is 9.46. The van der Waals surface area contributed by atoms with E-state index in [1.807, 2.05) is 37.4 Å². The molecule has 1 unspecified atom stereocenters. The van der Waals surface area contributed by atoms with Crippen molar-refractivity contribution in [1.82, 2.24) is 19.6 Å². The van der Waals surface area contributed by atoms with E-state index >= 15 is 0 Å². The number of hydrogen-bond donors (Lipinski definition) is 0. The number of likely N-dealkylation sites (N-methyl/N-ethyl adjacent to an activating group) is 1. The van der Waals surface area contributed by atoms with Gasteiger partial charge in [0.15, 0.2) is 0 Å². The van der Waals surface area contributed by atoms with Crippen LogP contribution in [0.2, 0.25) is 4.34 Å². The van der Waals surface area contributed by atoms with Gasteiger partial charge in [-0.1, -0.05) is 42.4 Å². The fourth-order valence-electron chi connectivity index (χ4n) is 5.22. The van der Waals surface area contributed by atoms with Gasteiger partial charge in [-0.3, -0.25) is 9.48 Å². The van der Waals surface area contributed by atoms with Gasteiger partial charge in [0.1, 0.15) is 5.69 Å². The van der Waals surface area contributed by atoms with Gasteiger partial charge >= 0.3 is 0 Å². The summed E-state index contributed by atoms with van der Waals surface area (Å²) >= 11 is 7.82. The Morgan fingerprint density at radius 3 is 2.71 bits per heavy atom. The molecule has 1 saturated heterocycles. The summed E-state index contributed by atoms with van der Waals surface area (Å²) in [6, 6.07) is 9.57. The van der Waals surface area contributed by atoms with Crippen molar-refractivity contribution >= 4 is 28.8 Å². The second-order valence-corrected chi connectivity index (χ2v) is 11.2. The van der Waals surface area contributed by atoms with Crippen molar-refractivity contribution in [1.29, 1.82) is 0 Å². The molecule has 1 fully saturated rings. The molecule has 4 heterocycles. The third-order valence-electron chi connectivity index (χ3n) is 6.93. The third-order valence-corrected chi connectivity index (χ3v) is 8.19. The molecular weight excluding hydrogens is 490 g/mol. The molecule has 1 aromatic carbocycles. The van der Waals surface area contributed by atoms with Crippen LogP contribution in [0.5, 0.6) is 0 Å². The largest absolute Gasteiger partial charge is 0.333 e. The Balaban J connectivity index is 1.64. The maximum atomic E-state index is 14.8. The molecule has 2 atom stereocenters. The number of benzene rings is 1. The Morgan fingerprint density at radius 1 is 1.26 bits per heavy atom. The second kappa shape index (κ2) is 9.15. The van der Waals surface area contributed by atoms with Gasteiger partial charge in [0.2, 0.25) is 5.91 Å². The highest BCUT2D eigenvalue weighted by molar-refractivity contribution is 7.16. The zero-order valence-corrected chi connectivity index (χ0v) is 21.3. The van der Waals surface area contributed by atoms with Gasteiger partial charge in [0.05, 0.1) is 16.9 Å². The zero-order valence-electron chi connectivity index (χ0n) is 19.7. The normalized spacial score (nSPS) is 20.8. The maximum Gasteiger partial charge on any atom is 0.289 e. The summed E-state index contributed by atoms with van der Waals surface area (Å²) in [6.45, 7) is 7.09. The van der Waals surface area contributed by atoms with Crippen molar-refractivity contribution in [3.05, 3.63) is 75.2 Å². The minimum Gasteiger partial charge on any atom is -0.333 e. The predicted molar refractivity (Wildman–Crippen MR) is 135 cm³/mol. The summed E-state index contributed by atoms with van der Waals surface area (Å²) in [5.41, 5.74) is 2.82. The molecule has 184 valence electrons. The summed E-state index contributed by atoms with van der Waals surface area (Å²) in [4.78, 5) is 17.5. The molecule has 5 rings (SSSR count). The van der Waals surface area contributed by atoms with E-state index < -0.39 is 5.92 Å². The van der Waals surface area contributed by atoms with Crippen LogP contribution in [-0.4, -0.2) is 52.2 Å². The van der Waals surface area contributed by atoms with Crippen LogP contribution in [0.4, 0.5) is 8.78 Å². The first-order chi connectivity index (χ1) is 16.7. The maximum absolute atomic E-state index is 14.8. The smallest absolute Gasteiger partial charge is 0.289 e. The number of aromatic nitrogens is 2. The lowest BCUT2D eigenvalue weighted by Crippen LogP contribution is -2.37. The first-order valence-corrected chi connectivity index (χ1v) is 12.8. The van der Waals surface area contributed by atoms with Crippen LogP contribution in [0.25, 0.3) is 11.1 Å². The number of carbonyl (C=O) groups is 1. The number of nitrogens with zero attached hydrogens (tertiary/aromatic N) is 4. The fraction of sp³-hybridized carbons (Fsp3) is 0.385. The van der Waals surface area contributed by atoms with Crippen LogP contribution in [0.3, 0.4) is 0 Å². The number of carbonyl (C=O) groups excluding carboxylic acids is 1. The Bertz CT molecular complexity index is 1280. The SMILES string of the molecule is C=CC(=O)N1Cc2sc(Cl)cc2[C@H](c2ccccc2-c2cn(C3CCN(C)C3)nc2C(C)(F)F)C1. The van der Waals surface area contributed by atoms with Crippen LogP contribution in [-0.2, 0) is 17.3 Å². The lowest BCUT2D eigenvalue weighted by atomic mass is 9.83. The zero-order chi connectivity index (χ0) is 24.9. The molecule has 0 saturated carbocycles. The number of fused-ring (bicyclic) bond motifs is 1. The first kappa shape index (κ1) is 24.2. The molecule has 5 nitrogen and oxygen atoms in total. The quantitative estimate of drug-likeness (QED) is 0.396. The van der Waals surface area contributed by atoms with Crippen LogP contribution in [0.1, 0.15) is 47.0 Å². The molecule has 35 heavy (non-hydrogen) atoms. The summed E-state index contributed by atoms with van der Waals surface area (Å²) in [7, 11) is 2.03. The average Bonchev–Trinajstić information content (AvgIpc) is 3.54. The van der Waals surface area contributed by atoms with Crippen molar-refractivity contribution in [2.24, 2.45) is 0 Å². The summed E-state index contributed by atoms with van der Waals surface area (Å²) < 4.78 is 32.0. The topological polar surface area (TPSA) is 41.4 Å². The van der Waals surface area contributed by atoms with Gasteiger partial charge in [0, 0.05) is 42.6 Å². The van der Waals surface area contributed by atoms with E-state index in [0.717, 1.165) is 42.4 Å². The molecule has 0 aliphatic carbocycles. The van der Waals surface area contributed by atoms with Gasteiger partial charge in [-0.05, 0) is 48.8 Å². The van der Waals surface area contributed by atoms with Gasteiger partial charge < -0.3 is 9.80 Å². The van der Waals surface area contributed by atoms with E-state index in [0.29, 0.717) is 28.6 Å². The number of thiophene rings is 1. The number of hydrogen-bond acceptors (Lipinski definition) is 4.